The number of carboxylic acid groups (broad SMARTS) is 1. The zero-order valence-corrected chi connectivity index (χ0v) is 10.8. The maximum Gasteiger partial charge on any atom is 0.337 e. The van der Waals surface area contributed by atoms with Gasteiger partial charge in [-0.2, -0.15) is 0 Å². The standard InChI is InChI=1S/C13H15N3O4/c14-11(17)9-2-1-5-16(7-9)12(18)10-4-3-8(6-15-10)13(19)20/h3-4,6,9H,1-2,5,7H2,(H2,14,17)(H,19,20). The molecule has 0 aromatic carbocycles. The van der Waals surface area contributed by atoms with E-state index in [2.05, 4.69) is 4.98 Å². The van der Waals surface area contributed by atoms with Gasteiger partial charge in [0.25, 0.3) is 5.91 Å². The van der Waals surface area contributed by atoms with Crippen molar-refractivity contribution in [2.24, 2.45) is 11.7 Å². The van der Waals surface area contributed by atoms with E-state index in [1.807, 2.05) is 0 Å². The number of nitrogens with zero attached hydrogens (tertiary/aromatic N) is 2. The molecule has 1 aromatic heterocycles. The van der Waals surface area contributed by atoms with Crippen molar-refractivity contribution in [1.29, 1.82) is 0 Å². The number of nitrogens with two attached hydrogens (primary N) is 1. The summed E-state index contributed by atoms with van der Waals surface area (Å²) >= 11 is 0. The molecular weight excluding hydrogens is 262 g/mol. The Morgan fingerprint density at radius 1 is 1.35 bits per heavy atom. The molecule has 1 fully saturated rings. The van der Waals surface area contributed by atoms with E-state index in [4.69, 9.17) is 10.8 Å². The largest absolute Gasteiger partial charge is 0.478 e. The van der Waals surface area contributed by atoms with Gasteiger partial charge in [0, 0.05) is 19.3 Å². The number of carboxylic acids is 1. The van der Waals surface area contributed by atoms with Gasteiger partial charge in [0.15, 0.2) is 0 Å². The highest BCUT2D eigenvalue weighted by atomic mass is 16.4. The molecule has 7 heteroatoms. The van der Waals surface area contributed by atoms with E-state index in [0.29, 0.717) is 19.4 Å². The second-order valence-electron chi connectivity index (χ2n) is 4.73. The Labute approximate surface area is 115 Å². The number of aromatic carboxylic acids is 1. The summed E-state index contributed by atoms with van der Waals surface area (Å²) in [6, 6.07) is 2.71. The van der Waals surface area contributed by atoms with Gasteiger partial charge in [-0.1, -0.05) is 0 Å². The lowest BCUT2D eigenvalue weighted by atomic mass is 9.97. The normalized spacial score (nSPS) is 18.6. The molecule has 106 valence electrons. The third-order valence-corrected chi connectivity index (χ3v) is 3.34. The van der Waals surface area contributed by atoms with E-state index < -0.39 is 11.9 Å². The van der Waals surface area contributed by atoms with Crippen molar-refractivity contribution >= 4 is 17.8 Å². The Hall–Kier alpha value is -2.44. The minimum absolute atomic E-state index is 0.0233. The van der Waals surface area contributed by atoms with Gasteiger partial charge in [-0.15, -0.1) is 0 Å². The smallest absolute Gasteiger partial charge is 0.337 e. The van der Waals surface area contributed by atoms with Crippen LogP contribution < -0.4 is 5.73 Å². The number of rotatable bonds is 3. The molecule has 2 amide bonds. The summed E-state index contributed by atoms with van der Waals surface area (Å²) in [7, 11) is 0. The molecule has 0 aliphatic carbocycles. The minimum atomic E-state index is -1.09. The van der Waals surface area contributed by atoms with Crippen LogP contribution in [0.4, 0.5) is 0 Å². The van der Waals surface area contributed by atoms with Crippen molar-refractivity contribution in [3.63, 3.8) is 0 Å². The van der Waals surface area contributed by atoms with Gasteiger partial charge in [0.1, 0.15) is 5.69 Å². The molecule has 20 heavy (non-hydrogen) atoms. The van der Waals surface area contributed by atoms with Crippen LogP contribution in [0.15, 0.2) is 18.3 Å². The molecule has 0 saturated carbocycles. The molecule has 2 heterocycles. The number of amides is 2. The summed E-state index contributed by atoms with van der Waals surface area (Å²) in [5, 5.41) is 8.77. The molecule has 1 saturated heterocycles. The molecule has 3 N–H and O–H groups in total. The topological polar surface area (TPSA) is 114 Å². The van der Waals surface area contributed by atoms with Gasteiger partial charge < -0.3 is 15.7 Å². The van der Waals surface area contributed by atoms with E-state index in [1.54, 1.807) is 0 Å². The molecule has 1 aliphatic heterocycles. The van der Waals surface area contributed by atoms with Crippen molar-refractivity contribution < 1.29 is 19.5 Å². The van der Waals surface area contributed by atoms with Crippen molar-refractivity contribution in [2.75, 3.05) is 13.1 Å². The molecule has 2 rings (SSSR count). The van der Waals surface area contributed by atoms with Crippen molar-refractivity contribution in [3.05, 3.63) is 29.6 Å². The van der Waals surface area contributed by atoms with Crippen molar-refractivity contribution in [3.8, 4) is 0 Å². The molecule has 0 spiro atoms. The fraction of sp³-hybridized carbons (Fsp3) is 0.385. The summed E-state index contributed by atoms with van der Waals surface area (Å²) in [4.78, 5) is 39.5. The van der Waals surface area contributed by atoms with E-state index in [0.717, 1.165) is 6.20 Å². The number of carbonyl (C=O) groups is 3. The first-order valence-electron chi connectivity index (χ1n) is 6.27. The fourth-order valence-corrected chi connectivity index (χ4v) is 2.20. The average molecular weight is 277 g/mol. The van der Waals surface area contributed by atoms with Gasteiger partial charge in [-0.25, -0.2) is 4.79 Å². The summed E-state index contributed by atoms with van der Waals surface area (Å²) in [6.07, 6.45) is 2.54. The minimum Gasteiger partial charge on any atom is -0.478 e. The van der Waals surface area contributed by atoms with Gasteiger partial charge in [-0.3, -0.25) is 14.6 Å². The van der Waals surface area contributed by atoms with Crippen LogP contribution in [0.25, 0.3) is 0 Å². The van der Waals surface area contributed by atoms with Crippen LogP contribution in [-0.4, -0.2) is 45.9 Å². The maximum atomic E-state index is 12.2. The first kappa shape index (κ1) is 14.0. The quantitative estimate of drug-likeness (QED) is 0.814. The first-order chi connectivity index (χ1) is 9.49. The van der Waals surface area contributed by atoms with E-state index in [-0.39, 0.29) is 29.6 Å². The predicted molar refractivity (Wildman–Crippen MR) is 69.0 cm³/mol. The highest BCUT2D eigenvalue weighted by Gasteiger charge is 2.28. The third-order valence-electron chi connectivity index (χ3n) is 3.34. The molecular formula is C13H15N3O4. The monoisotopic (exact) mass is 277 g/mol. The summed E-state index contributed by atoms with van der Waals surface area (Å²) in [6.45, 7) is 0.835. The maximum absolute atomic E-state index is 12.2. The molecule has 1 unspecified atom stereocenters. The predicted octanol–water partition coefficient (Wildman–Crippen LogP) is 0.117. The van der Waals surface area contributed by atoms with E-state index in [1.165, 1.54) is 17.0 Å². The molecule has 0 bridgehead atoms. The Morgan fingerprint density at radius 3 is 2.65 bits per heavy atom. The number of pyridine rings is 1. The molecule has 0 radical (unpaired) electrons. The lowest BCUT2D eigenvalue weighted by Gasteiger charge is -2.30. The Kier molecular flexibility index (Phi) is 3.97. The Morgan fingerprint density at radius 2 is 2.10 bits per heavy atom. The highest BCUT2D eigenvalue weighted by molar-refractivity contribution is 5.94. The van der Waals surface area contributed by atoms with Gasteiger partial charge in [0.2, 0.25) is 5.91 Å². The highest BCUT2D eigenvalue weighted by Crippen LogP contribution is 2.17. The molecule has 1 aliphatic rings. The number of hydrogen-bond acceptors (Lipinski definition) is 4. The zero-order valence-electron chi connectivity index (χ0n) is 10.8. The third kappa shape index (κ3) is 2.93. The van der Waals surface area contributed by atoms with Crippen molar-refractivity contribution in [1.82, 2.24) is 9.88 Å². The summed E-state index contributed by atoms with van der Waals surface area (Å²) < 4.78 is 0. The second kappa shape index (κ2) is 5.68. The first-order valence-corrected chi connectivity index (χ1v) is 6.27. The van der Waals surface area contributed by atoms with Gasteiger partial charge >= 0.3 is 5.97 Å². The lowest BCUT2D eigenvalue weighted by Crippen LogP contribution is -2.44. The second-order valence-corrected chi connectivity index (χ2v) is 4.73. The number of aromatic nitrogens is 1. The SMILES string of the molecule is NC(=O)C1CCCN(C(=O)c2ccc(C(=O)O)cn2)C1. The molecule has 1 atom stereocenters. The Bertz CT molecular complexity index is 541. The van der Waals surface area contributed by atoms with Crippen LogP contribution in [0, 0.1) is 5.92 Å². The van der Waals surface area contributed by atoms with Gasteiger partial charge in [0.05, 0.1) is 11.5 Å². The van der Waals surface area contributed by atoms with E-state index >= 15 is 0 Å². The lowest BCUT2D eigenvalue weighted by molar-refractivity contribution is -0.123. The summed E-state index contributed by atoms with van der Waals surface area (Å²) in [5.74, 6) is -2.14. The number of piperidine rings is 1. The van der Waals surface area contributed by atoms with Crippen LogP contribution in [0.2, 0.25) is 0 Å². The molecule has 7 nitrogen and oxygen atoms in total. The van der Waals surface area contributed by atoms with Crippen LogP contribution in [-0.2, 0) is 4.79 Å². The van der Waals surface area contributed by atoms with Crippen LogP contribution in [0.3, 0.4) is 0 Å². The Balaban J connectivity index is 2.10. The van der Waals surface area contributed by atoms with Crippen LogP contribution >= 0.6 is 0 Å². The fourth-order valence-electron chi connectivity index (χ4n) is 2.20. The number of primary amides is 1. The summed E-state index contributed by atoms with van der Waals surface area (Å²) in [5.41, 5.74) is 5.45. The number of likely N-dealkylation sites (tertiary alicyclic amines) is 1. The zero-order chi connectivity index (χ0) is 14.7. The van der Waals surface area contributed by atoms with E-state index in [9.17, 15) is 14.4 Å². The average Bonchev–Trinajstić information content (AvgIpc) is 2.46. The number of carbonyl (C=O) groups excluding carboxylic acids is 2. The van der Waals surface area contributed by atoms with Gasteiger partial charge in [-0.05, 0) is 25.0 Å². The number of hydrogen-bond donors (Lipinski definition) is 2. The van der Waals surface area contributed by atoms with Crippen LogP contribution in [0.1, 0.15) is 33.7 Å². The molecule has 1 aromatic rings. The van der Waals surface area contributed by atoms with Crippen LogP contribution in [0.5, 0.6) is 0 Å². The van der Waals surface area contributed by atoms with Crippen molar-refractivity contribution in [2.45, 2.75) is 12.8 Å².